The third-order valence-electron chi connectivity index (χ3n) is 5.48. The second-order valence-electron chi connectivity index (χ2n) is 7.38. The maximum Gasteiger partial charge on any atom is 0.414 e. The van der Waals surface area contributed by atoms with Crippen molar-refractivity contribution in [2.24, 2.45) is 0 Å². The van der Waals surface area contributed by atoms with Crippen LogP contribution in [0.2, 0.25) is 0 Å². The normalized spacial score (nSPS) is 20.2. The summed E-state index contributed by atoms with van der Waals surface area (Å²) in [6, 6.07) is 7.64. The fourth-order valence-electron chi connectivity index (χ4n) is 3.89. The Bertz CT molecular complexity index is 977. The number of carbonyl (C=O) groups is 1. The molecule has 0 saturated carbocycles. The molecule has 2 heterocycles. The summed E-state index contributed by atoms with van der Waals surface area (Å²) in [4.78, 5) is 14.4. The van der Waals surface area contributed by atoms with E-state index in [1.54, 1.807) is 17.1 Å². The summed E-state index contributed by atoms with van der Waals surface area (Å²) in [6.07, 6.45) is 8.67. The van der Waals surface area contributed by atoms with E-state index >= 15 is 0 Å². The molecule has 1 aliphatic carbocycles. The number of fused-ring (bicyclic) bond motifs is 1. The molecule has 0 bridgehead atoms. The van der Waals surface area contributed by atoms with Gasteiger partial charge in [-0.05, 0) is 50.2 Å². The van der Waals surface area contributed by atoms with Crippen LogP contribution in [0, 0.1) is 0 Å². The summed E-state index contributed by atoms with van der Waals surface area (Å²) < 4.78 is 32.9. The number of amides is 1. The molecule has 0 aromatic heterocycles. The first kappa shape index (κ1) is 22.8. The predicted molar refractivity (Wildman–Crippen MR) is 123 cm³/mol. The Morgan fingerprint density at radius 3 is 2.53 bits per heavy atom. The van der Waals surface area contributed by atoms with Crippen molar-refractivity contribution in [3.63, 3.8) is 0 Å². The van der Waals surface area contributed by atoms with Gasteiger partial charge in [0.1, 0.15) is 6.61 Å². The third kappa shape index (κ3) is 4.71. The Hall–Kier alpha value is -1.90. The van der Waals surface area contributed by atoms with Crippen molar-refractivity contribution in [1.82, 2.24) is 4.31 Å². The van der Waals surface area contributed by atoms with Crippen LogP contribution in [0.4, 0.5) is 10.5 Å². The van der Waals surface area contributed by atoms with E-state index in [0.717, 1.165) is 23.2 Å². The summed E-state index contributed by atoms with van der Waals surface area (Å²) in [5.74, 6) is 1.81. The number of rotatable bonds is 3. The van der Waals surface area contributed by atoms with E-state index < -0.39 is 10.0 Å². The van der Waals surface area contributed by atoms with Gasteiger partial charge in [0.25, 0.3) is 0 Å². The number of piperidine rings is 1. The number of halogens is 1. The lowest BCUT2D eigenvalue weighted by Gasteiger charge is -2.39. The smallest absolute Gasteiger partial charge is 0.414 e. The Morgan fingerprint density at radius 1 is 1.10 bits per heavy atom. The van der Waals surface area contributed by atoms with Crippen molar-refractivity contribution in [3.05, 3.63) is 64.6 Å². The first-order valence-electron chi connectivity index (χ1n) is 9.92. The molecule has 1 aromatic carbocycles. The van der Waals surface area contributed by atoms with Crippen molar-refractivity contribution >= 4 is 37.7 Å². The van der Waals surface area contributed by atoms with Crippen molar-refractivity contribution in [1.29, 1.82) is 0 Å². The quantitative estimate of drug-likeness (QED) is 0.569. The number of nitrogens with zero attached hydrogens (tertiary/aromatic N) is 2. The van der Waals surface area contributed by atoms with Gasteiger partial charge in [-0.3, -0.25) is 4.90 Å². The van der Waals surface area contributed by atoms with E-state index in [4.69, 9.17) is 4.74 Å². The van der Waals surface area contributed by atoms with E-state index in [1.165, 1.54) is 4.31 Å². The lowest BCUT2D eigenvalue weighted by molar-refractivity contribution is 0.136. The molecule has 0 atom stereocenters. The highest BCUT2D eigenvalue weighted by molar-refractivity contribution is 9.08. The molecule has 1 amide bonds. The Balaban J connectivity index is 0.00000124. The van der Waals surface area contributed by atoms with Gasteiger partial charge in [0.15, 0.2) is 0 Å². The highest BCUT2D eigenvalue weighted by Gasteiger charge is 2.37. The number of carbonyl (C=O) groups excluding carboxylic acids is 1. The van der Waals surface area contributed by atoms with Crippen LogP contribution in [0.25, 0.3) is 0 Å². The molecule has 1 saturated heterocycles. The molecule has 162 valence electrons. The number of ether oxygens (including phenoxy) is 1. The monoisotopic (exact) mass is 494 g/mol. The number of anilines is 1. The minimum Gasteiger partial charge on any atom is -0.444 e. The third-order valence-corrected chi connectivity index (χ3v) is 7.39. The van der Waals surface area contributed by atoms with Crippen LogP contribution < -0.4 is 4.90 Å². The van der Waals surface area contributed by atoms with Gasteiger partial charge in [0.2, 0.25) is 10.0 Å². The number of hydrogen-bond acceptors (Lipinski definition) is 4. The molecule has 0 radical (unpaired) electrons. The van der Waals surface area contributed by atoms with Crippen molar-refractivity contribution in [2.45, 2.75) is 38.8 Å². The minimum absolute atomic E-state index is 0.0683. The Morgan fingerprint density at radius 2 is 1.80 bits per heavy atom. The van der Waals surface area contributed by atoms with E-state index in [-0.39, 0.29) is 18.7 Å². The van der Waals surface area contributed by atoms with Crippen LogP contribution in [0.3, 0.4) is 0 Å². The molecule has 3 aliphatic rings. The van der Waals surface area contributed by atoms with Gasteiger partial charge in [-0.25, -0.2) is 13.2 Å². The largest absolute Gasteiger partial charge is 0.444 e. The minimum atomic E-state index is -3.53. The highest BCUT2D eigenvalue weighted by Crippen LogP contribution is 2.33. The topological polar surface area (TPSA) is 66.9 Å². The lowest BCUT2D eigenvalue weighted by Crippen LogP contribution is -2.50. The summed E-state index contributed by atoms with van der Waals surface area (Å²) in [6.45, 7) is 3.03. The van der Waals surface area contributed by atoms with Crippen LogP contribution in [0.5, 0.6) is 0 Å². The molecule has 0 N–H and O–H groups in total. The van der Waals surface area contributed by atoms with Crippen molar-refractivity contribution < 1.29 is 17.9 Å². The maximum absolute atomic E-state index is 13.0. The molecular weight excluding hydrogens is 468 g/mol. The van der Waals surface area contributed by atoms with E-state index in [0.29, 0.717) is 30.8 Å². The zero-order valence-corrected chi connectivity index (χ0v) is 19.7. The Labute approximate surface area is 187 Å². The first-order chi connectivity index (χ1) is 14.5. The fraction of sp³-hybridized carbons (Fsp3) is 0.409. The number of para-hydroxylation sites is 1. The molecule has 8 heteroatoms. The van der Waals surface area contributed by atoms with Gasteiger partial charge >= 0.3 is 6.09 Å². The average Bonchev–Trinajstić information content (AvgIpc) is 3.00. The number of hydrogen-bond donors (Lipinski definition) is 0. The molecular formula is C22H27BrN2O4S. The van der Waals surface area contributed by atoms with E-state index in [1.807, 2.05) is 49.2 Å². The van der Waals surface area contributed by atoms with Crippen molar-refractivity contribution in [2.75, 3.05) is 23.8 Å². The van der Waals surface area contributed by atoms with Crippen molar-refractivity contribution in [3.8, 4) is 0 Å². The summed E-state index contributed by atoms with van der Waals surface area (Å²) >= 11 is 2.94. The van der Waals surface area contributed by atoms with E-state index in [2.05, 4.69) is 15.9 Å². The highest BCUT2D eigenvalue weighted by atomic mass is 79.9. The lowest BCUT2D eigenvalue weighted by atomic mass is 10.0. The second-order valence-corrected chi connectivity index (χ2v) is 9.32. The van der Waals surface area contributed by atoms with Gasteiger partial charge in [-0.15, -0.1) is 0 Å². The summed E-state index contributed by atoms with van der Waals surface area (Å²) in [5.41, 5.74) is 2.98. The van der Waals surface area contributed by atoms with Crippen LogP contribution in [0.1, 0.15) is 31.7 Å². The number of cyclic esters (lactones) is 1. The summed E-state index contributed by atoms with van der Waals surface area (Å²) in [5, 5.41) is 0. The SMILES string of the molecule is CBr.CC1=CC=C(S(=O)(=O)N2CCC(N3C(=O)OCc4ccccc43)CC2)C=CC1. The van der Waals surface area contributed by atoms with Crippen LogP contribution in [-0.4, -0.2) is 43.8 Å². The molecule has 30 heavy (non-hydrogen) atoms. The van der Waals surface area contributed by atoms with Gasteiger partial charge in [-0.2, -0.15) is 4.31 Å². The molecule has 6 nitrogen and oxygen atoms in total. The van der Waals surface area contributed by atoms with Gasteiger partial charge in [0, 0.05) is 24.7 Å². The van der Waals surface area contributed by atoms with Gasteiger partial charge in [-0.1, -0.05) is 51.9 Å². The average molecular weight is 495 g/mol. The number of allylic oxidation sites excluding steroid dienone is 5. The molecule has 4 rings (SSSR count). The van der Waals surface area contributed by atoms with Gasteiger partial charge < -0.3 is 4.74 Å². The molecule has 1 fully saturated rings. The zero-order chi connectivity index (χ0) is 21.7. The van der Waals surface area contributed by atoms with Crippen LogP contribution in [-0.2, 0) is 21.4 Å². The zero-order valence-electron chi connectivity index (χ0n) is 17.3. The maximum atomic E-state index is 13.0. The molecule has 1 aromatic rings. The molecule has 0 spiro atoms. The standard InChI is InChI=1S/C21H24N2O4S.CH3Br/c1-16-5-4-7-19(10-9-16)28(25,26)22-13-11-18(12-14-22)23-20-8-3-2-6-17(20)15-27-21(23)24;1-2/h2-4,6-10,18H,5,11-15H2,1H3;1H3. The molecule has 2 aliphatic heterocycles. The first-order valence-corrected chi connectivity index (χ1v) is 13.0. The van der Waals surface area contributed by atoms with E-state index in [9.17, 15) is 13.2 Å². The number of sulfonamides is 1. The van der Waals surface area contributed by atoms with Crippen LogP contribution >= 0.6 is 15.9 Å². The predicted octanol–water partition coefficient (Wildman–Crippen LogP) is 4.74. The van der Waals surface area contributed by atoms with Crippen LogP contribution in [0.15, 0.2) is 59.0 Å². The molecule has 0 unspecified atom stereocenters. The number of benzene rings is 1. The number of alkyl halides is 1. The fourth-order valence-corrected chi connectivity index (χ4v) is 5.39. The summed E-state index contributed by atoms with van der Waals surface area (Å²) in [7, 11) is -3.53. The van der Waals surface area contributed by atoms with Gasteiger partial charge in [0.05, 0.1) is 10.6 Å². The second kappa shape index (κ2) is 9.94. The Kier molecular flexibility index (Phi) is 7.55.